The highest BCUT2D eigenvalue weighted by molar-refractivity contribution is 5.31. The Hall–Kier alpha value is -1.68. The van der Waals surface area contributed by atoms with E-state index in [1.807, 2.05) is 6.92 Å². The summed E-state index contributed by atoms with van der Waals surface area (Å²) < 4.78 is 5.28. The Bertz CT molecular complexity index is 576. The molecule has 0 spiro atoms. The highest BCUT2D eigenvalue weighted by Crippen LogP contribution is 2.22. The lowest BCUT2D eigenvalue weighted by Crippen LogP contribution is -2.14. The van der Waals surface area contributed by atoms with Gasteiger partial charge >= 0.3 is 0 Å². The van der Waals surface area contributed by atoms with Gasteiger partial charge in [-0.25, -0.2) is 0 Å². The summed E-state index contributed by atoms with van der Waals surface area (Å²) in [6.45, 7) is 7.95. The van der Waals surface area contributed by atoms with Crippen LogP contribution in [-0.2, 0) is 6.42 Å². The largest absolute Gasteiger partial charge is 0.393 e. The van der Waals surface area contributed by atoms with Gasteiger partial charge in [0.1, 0.15) is 0 Å². The number of aliphatic hydroxyl groups excluding tert-OH is 1. The SMILES string of the molecule is CCC(c1nc(Cc2ccc(C)c(C)c2)no1)C(C)O. The van der Waals surface area contributed by atoms with Gasteiger partial charge < -0.3 is 9.63 Å². The molecule has 1 aromatic heterocycles. The molecule has 0 aliphatic rings. The topological polar surface area (TPSA) is 59.2 Å². The first kappa shape index (κ1) is 14.7. The van der Waals surface area contributed by atoms with E-state index in [2.05, 4.69) is 42.2 Å². The van der Waals surface area contributed by atoms with Gasteiger partial charge in [-0.05, 0) is 43.9 Å². The molecule has 1 aromatic carbocycles. The van der Waals surface area contributed by atoms with E-state index in [1.54, 1.807) is 6.92 Å². The van der Waals surface area contributed by atoms with E-state index >= 15 is 0 Å². The third-order valence-corrected chi connectivity index (χ3v) is 3.76. The second-order valence-electron chi connectivity index (χ2n) is 5.40. The Balaban J connectivity index is 2.14. The molecule has 2 rings (SSSR count). The van der Waals surface area contributed by atoms with Gasteiger partial charge in [0.15, 0.2) is 5.82 Å². The fourth-order valence-electron chi connectivity index (χ4n) is 2.31. The predicted molar refractivity (Wildman–Crippen MR) is 77.7 cm³/mol. The van der Waals surface area contributed by atoms with Crippen molar-refractivity contribution in [2.45, 2.75) is 52.6 Å². The minimum atomic E-state index is -0.477. The molecule has 1 heterocycles. The number of hydrogen-bond donors (Lipinski definition) is 1. The Morgan fingerprint density at radius 2 is 2.00 bits per heavy atom. The molecule has 4 heteroatoms. The van der Waals surface area contributed by atoms with Crippen LogP contribution in [0.2, 0.25) is 0 Å². The van der Waals surface area contributed by atoms with Gasteiger partial charge in [0.2, 0.25) is 5.89 Å². The molecule has 0 aliphatic carbocycles. The van der Waals surface area contributed by atoms with E-state index in [9.17, 15) is 5.11 Å². The first-order valence-corrected chi connectivity index (χ1v) is 7.08. The van der Waals surface area contributed by atoms with Gasteiger partial charge in [0.25, 0.3) is 0 Å². The van der Waals surface area contributed by atoms with Crippen LogP contribution in [-0.4, -0.2) is 21.4 Å². The van der Waals surface area contributed by atoms with Crippen LogP contribution in [0.15, 0.2) is 22.7 Å². The van der Waals surface area contributed by atoms with Crippen LogP contribution in [0.5, 0.6) is 0 Å². The van der Waals surface area contributed by atoms with E-state index < -0.39 is 6.10 Å². The molecule has 0 saturated heterocycles. The van der Waals surface area contributed by atoms with Gasteiger partial charge in [-0.2, -0.15) is 4.98 Å². The maximum absolute atomic E-state index is 9.70. The monoisotopic (exact) mass is 274 g/mol. The highest BCUT2D eigenvalue weighted by atomic mass is 16.5. The summed E-state index contributed by atoms with van der Waals surface area (Å²) in [6.07, 6.45) is 0.957. The lowest BCUT2D eigenvalue weighted by Gasteiger charge is -2.12. The molecule has 0 fully saturated rings. The quantitative estimate of drug-likeness (QED) is 0.910. The number of aryl methyl sites for hydroxylation is 2. The van der Waals surface area contributed by atoms with Crippen molar-refractivity contribution in [2.75, 3.05) is 0 Å². The zero-order chi connectivity index (χ0) is 14.7. The van der Waals surface area contributed by atoms with Crippen molar-refractivity contribution in [3.05, 3.63) is 46.6 Å². The Kier molecular flexibility index (Phi) is 4.55. The molecular weight excluding hydrogens is 252 g/mol. The van der Waals surface area contributed by atoms with Crippen molar-refractivity contribution in [3.63, 3.8) is 0 Å². The zero-order valence-corrected chi connectivity index (χ0v) is 12.6. The van der Waals surface area contributed by atoms with Crippen molar-refractivity contribution in [2.24, 2.45) is 0 Å². The number of aliphatic hydroxyl groups is 1. The van der Waals surface area contributed by atoms with Crippen LogP contribution in [0, 0.1) is 13.8 Å². The fourth-order valence-corrected chi connectivity index (χ4v) is 2.31. The number of hydrogen-bond acceptors (Lipinski definition) is 4. The number of benzene rings is 1. The molecule has 20 heavy (non-hydrogen) atoms. The van der Waals surface area contributed by atoms with Gasteiger partial charge in [-0.3, -0.25) is 0 Å². The fraction of sp³-hybridized carbons (Fsp3) is 0.500. The molecule has 4 nitrogen and oxygen atoms in total. The second-order valence-corrected chi connectivity index (χ2v) is 5.40. The second kappa shape index (κ2) is 6.18. The molecule has 0 radical (unpaired) electrons. The molecule has 0 saturated carbocycles. The van der Waals surface area contributed by atoms with Crippen LogP contribution in [0.3, 0.4) is 0 Å². The van der Waals surface area contributed by atoms with Gasteiger partial charge in [-0.15, -0.1) is 0 Å². The molecule has 0 aliphatic heterocycles. The maximum atomic E-state index is 9.70. The van der Waals surface area contributed by atoms with Crippen molar-refractivity contribution in [3.8, 4) is 0 Å². The summed E-state index contributed by atoms with van der Waals surface area (Å²) in [5.41, 5.74) is 3.72. The molecule has 1 N–H and O–H groups in total. The van der Waals surface area contributed by atoms with Crippen molar-refractivity contribution >= 4 is 0 Å². The van der Waals surface area contributed by atoms with Crippen LogP contribution >= 0.6 is 0 Å². The van der Waals surface area contributed by atoms with Crippen molar-refractivity contribution in [1.29, 1.82) is 0 Å². The molecular formula is C16H22N2O2. The van der Waals surface area contributed by atoms with Gasteiger partial charge in [-0.1, -0.05) is 30.3 Å². The van der Waals surface area contributed by atoms with E-state index in [0.29, 0.717) is 18.1 Å². The molecule has 2 atom stereocenters. The summed E-state index contributed by atoms with van der Waals surface area (Å²) in [5.74, 6) is 1.11. The van der Waals surface area contributed by atoms with Crippen LogP contribution < -0.4 is 0 Å². The third kappa shape index (κ3) is 3.25. The minimum Gasteiger partial charge on any atom is -0.393 e. The highest BCUT2D eigenvalue weighted by Gasteiger charge is 2.22. The maximum Gasteiger partial charge on any atom is 0.232 e. The van der Waals surface area contributed by atoms with Crippen LogP contribution in [0.25, 0.3) is 0 Å². The Labute approximate surface area is 119 Å². The van der Waals surface area contributed by atoms with Crippen LogP contribution in [0.4, 0.5) is 0 Å². The van der Waals surface area contributed by atoms with E-state index in [0.717, 1.165) is 6.42 Å². The summed E-state index contributed by atoms with van der Waals surface area (Å²) in [7, 11) is 0. The van der Waals surface area contributed by atoms with E-state index in [-0.39, 0.29) is 5.92 Å². The van der Waals surface area contributed by atoms with Crippen molar-refractivity contribution in [1.82, 2.24) is 10.1 Å². The molecule has 108 valence electrons. The standard InChI is InChI=1S/C16H22N2O2/c1-5-14(12(4)19)16-17-15(18-20-16)9-13-7-6-10(2)11(3)8-13/h6-8,12,14,19H,5,9H2,1-4H3. The molecule has 2 unspecified atom stereocenters. The first-order valence-electron chi connectivity index (χ1n) is 7.08. The first-order chi connectivity index (χ1) is 9.51. The zero-order valence-electron chi connectivity index (χ0n) is 12.6. The Morgan fingerprint density at radius 1 is 1.25 bits per heavy atom. The van der Waals surface area contributed by atoms with E-state index in [1.165, 1.54) is 16.7 Å². The molecule has 2 aromatic rings. The Morgan fingerprint density at radius 3 is 2.60 bits per heavy atom. The average Bonchev–Trinajstić information content (AvgIpc) is 2.82. The predicted octanol–water partition coefficient (Wildman–Crippen LogP) is 3.15. The normalized spacial score (nSPS) is 14.2. The minimum absolute atomic E-state index is 0.0870. The number of nitrogens with zero attached hydrogens (tertiary/aromatic N) is 2. The average molecular weight is 274 g/mol. The van der Waals surface area contributed by atoms with Gasteiger partial charge in [0.05, 0.1) is 12.0 Å². The van der Waals surface area contributed by atoms with Crippen molar-refractivity contribution < 1.29 is 9.63 Å². The lowest BCUT2D eigenvalue weighted by atomic mass is 10.0. The molecule has 0 bridgehead atoms. The lowest BCUT2D eigenvalue weighted by molar-refractivity contribution is 0.141. The van der Waals surface area contributed by atoms with Gasteiger partial charge in [0, 0.05) is 6.42 Å². The summed E-state index contributed by atoms with van der Waals surface area (Å²) >= 11 is 0. The smallest absolute Gasteiger partial charge is 0.232 e. The summed E-state index contributed by atoms with van der Waals surface area (Å²) in [5, 5.41) is 13.7. The number of aromatic nitrogens is 2. The third-order valence-electron chi connectivity index (χ3n) is 3.76. The van der Waals surface area contributed by atoms with E-state index in [4.69, 9.17) is 4.52 Å². The summed E-state index contributed by atoms with van der Waals surface area (Å²) in [4.78, 5) is 4.41. The molecule has 0 amide bonds. The van der Waals surface area contributed by atoms with Crippen LogP contribution in [0.1, 0.15) is 54.6 Å². The number of rotatable bonds is 5. The summed E-state index contributed by atoms with van der Waals surface area (Å²) in [6, 6.07) is 6.35.